The topological polar surface area (TPSA) is 201 Å². The van der Waals surface area contributed by atoms with Gasteiger partial charge in [0.15, 0.2) is 11.6 Å². The Balaban J connectivity index is 0.000000304. The smallest absolute Gasteiger partial charge is 0.218 e. The molecule has 0 fully saturated rings. The summed E-state index contributed by atoms with van der Waals surface area (Å²) in [5, 5.41) is 22.5. The van der Waals surface area contributed by atoms with Crippen molar-refractivity contribution in [2.45, 2.75) is 118 Å². The molecule has 75 heavy (non-hydrogen) atoms. The molecule has 4 aromatic carbocycles. The summed E-state index contributed by atoms with van der Waals surface area (Å²) < 4.78 is 15.2. The van der Waals surface area contributed by atoms with Crippen molar-refractivity contribution < 1.29 is 38.9 Å². The summed E-state index contributed by atoms with van der Waals surface area (Å²) in [4.78, 5) is 55.9. The Labute approximate surface area is 456 Å². The number of nitrogens with two attached hydrogens (primary N) is 1. The lowest BCUT2D eigenvalue weighted by atomic mass is 9.89. The third-order valence-electron chi connectivity index (χ3n) is 11.8. The van der Waals surface area contributed by atoms with Gasteiger partial charge in [-0.2, -0.15) is 0 Å². The number of Topliss-reactive ketones (excluding diaryl/α,β-unsaturated/α-hetero) is 2. The largest absolute Gasteiger partial charge is 0.489 e. The van der Waals surface area contributed by atoms with Crippen molar-refractivity contribution in [3.8, 4) is 34.0 Å². The maximum atomic E-state index is 13.0. The number of halogens is 3. The Morgan fingerprint density at radius 1 is 0.627 bits per heavy atom. The van der Waals surface area contributed by atoms with E-state index < -0.39 is 0 Å². The lowest BCUT2D eigenvalue weighted by molar-refractivity contribution is -0.119. The number of carbonyl (C=O) groups excluding carboxylic acids is 4. The third kappa shape index (κ3) is 20.0. The molecule has 0 saturated heterocycles. The number of rotatable bonds is 23. The number of nitrogens with one attached hydrogen (secondary N) is 1. The summed E-state index contributed by atoms with van der Waals surface area (Å²) in [6.45, 7) is 14.3. The number of ether oxygens (including phenoxy) is 2. The highest BCUT2D eigenvalue weighted by atomic mass is 35.5. The van der Waals surface area contributed by atoms with Crippen molar-refractivity contribution in [1.29, 1.82) is 0 Å². The van der Waals surface area contributed by atoms with E-state index in [-0.39, 0.29) is 72.1 Å². The van der Waals surface area contributed by atoms with Gasteiger partial charge in [0.25, 0.3) is 0 Å². The molecule has 14 nitrogen and oxygen atoms in total. The van der Waals surface area contributed by atoms with Gasteiger partial charge < -0.3 is 39.9 Å². The molecular weight excluding hydrogens is 1020 g/mol. The van der Waals surface area contributed by atoms with E-state index in [1.165, 1.54) is 13.8 Å². The highest BCUT2D eigenvalue weighted by Crippen LogP contribution is 2.31. The van der Waals surface area contributed by atoms with Crippen LogP contribution in [0.25, 0.3) is 22.5 Å². The zero-order valence-electron chi connectivity index (χ0n) is 44.7. The fraction of sp³-hybridized carbons (Fsp3) is 0.414. The molecule has 0 aliphatic carbocycles. The maximum absolute atomic E-state index is 13.0. The van der Waals surface area contributed by atoms with Crippen molar-refractivity contribution in [3.63, 3.8) is 0 Å². The molecule has 2 unspecified atom stereocenters. The number of aliphatic hydroxyl groups excluding tert-OH is 2. The average molecular weight is 1090 g/mol. The number of nitrogens with zero attached hydrogens (tertiary/aromatic N) is 4. The van der Waals surface area contributed by atoms with Crippen LogP contribution in [0.15, 0.2) is 97.3 Å². The Morgan fingerprint density at radius 2 is 1.00 bits per heavy atom. The molecule has 6 aromatic rings. The molecule has 0 bridgehead atoms. The minimum Gasteiger partial charge on any atom is -0.489 e. The Hall–Kier alpha value is -5.87. The van der Waals surface area contributed by atoms with E-state index >= 15 is 0 Å². The summed E-state index contributed by atoms with van der Waals surface area (Å²) in [5.41, 5.74) is 13.0. The van der Waals surface area contributed by atoms with Crippen LogP contribution < -0.4 is 20.5 Å². The molecule has 0 saturated carbocycles. The standard InChI is InChI=1S/C29H36ClN3O4.C27H34ClN3O3.C2H3ClO/c1-18(2)37-28-11-10-24(16-25(28)30)27(36)15-22(12-13-34)14-21-6-8-23(9-7-21)26-17-33(5)29(32-26)19(3)31-20(4)35;1-17(2)34-26-10-9-22(15-23(26)28)25(33)14-20(11-12-32)13-19-5-7-21(8-6-19)24-16-31(4)27(30-24)18(3)29;1-2(3)4/h6-11,16-19,22,34H,12-15H2,1-5H3,(H,31,35);5-10,15-18,20,32H,11-14,29H2,1-4H3;1H3/t19?,22-;18?,20-;/m11./s1. The summed E-state index contributed by atoms with van der Waals surface area (Å²) in [6.07, 6.45) is 7.00. The van der Waals surface area contributed by atoms with Crippen molar-refractivity contribution in [1.82, 2.24) is 24.4 Å². The van der Waals surface area contributed by atoms with Gasteiger partial charge in [-0.15, -0.1) is 0 Å². The SMILES string of the molecule is CC(=O)Cl.CC(=O)NC(C)c1nc(-c2ccc(C[C@@H](CCO)CC(=O)c3ccc(OC(C)C)c(Cl)c3)cc2)cn1C.CC(C)Oc1ccc(C(=O)C[C@H](CCO)Cc2ccc(-c3cn(C)c(C(C)N)n3)cc2)cc1Cl. The van der Waals surface area contributed by atoms with Gasteiger partial charge in [0.2, 0.25) is 11.1 Å². The first-order valence-electron chi connectivity index (χ1n) is 25.1. The summed E-state index contributed by atoms with van der Waals surface area (Å²) in [7, 11) is 3.85. The Morgan fingerprint density at radius 3 is 1.32 bits per heavy atom. The van der Waals surface area contributed by atoms with Crippen molar-refractivity contribution in [2.24, 2.45) is 31.7 Å². The van der Waals surface area contributed by atoms with Crippen LogP contribution in [0, 0.1) is 11.8 Å². The molecule has 0 spiro atoms. The van der Waals surface area contributed by atoms with Crippen LogP contribution in [0.1, 0.15) is 137 Å². The van der Waals surface area contributed by atoms with Crippen molar-refractivity contribution in [3.05, 3.63) is 141 Å². The predicted octanol–water partition coefficient (Wildman–Crippen LogP) is 11.7. The van der Waals surface area contributed by atoms with Gasteiger partial charge in [0.05, 0.1) is 45.7 Å². The molecule has 6 rings (SSSR count). The monoisotopic (exact) mass is 1090 g/mol. The quantitative estimate of drug-likeness (QED) is 0.0351. The number of aromatic nitrogens is 4. The van der Waals surface area contributed by atoms with Crippen LogP contribution in [0.5, 0.6) is 11.5 Å². The van der Waals surface area contributed by atoms with Gasteiger partial charge in [0.1, 0.15) is 23.1 Å². The van der Waals surface area contributed by atoms with E-state index in [1.807, 2.05) is 114 Å². The lowest BCUT2D eigenvalue weighted by Crippen LogP contribution is -2.25. The molecule has 0 aliphatic heterocycles. The molecule has 0 radical (unpaired) electrons. The molecule has 17 heteroatoms. The van der Waals surface area contributed by atoms with Gasteiger partial charge in [0, 0.05) is 88.6 Å². The van der Waals surface area contributed by atoms with Crippen LogP contribution in [-0.2, 0) is 36.5 Å². The molecular formula is C58H73Cl3N6O8. The van der Waals surface area contributed by atoms with E-state index in [0.29, 0.717) is 71.2 Å². The van der Waals surface area contributed by atoms with Crippen LogP contribution in [0.2, 0.25) is 10.0 Å². The minimum atomic E-state index is -0.361. The van der Waals surface area contributed by atoms with Gasteiger partial charge in [-0.3, -0.25) is 19.2 Å². The van der Waals surface area contributed by atoms with Crippen LogP contribution in [0.4, 0.5) is 0 Å². The van der Waals surface area contributed by atoms with Crippen molar-refractivity contribution >= 4 is 57.5 Å². The normalized spacial score (nSPS) is 12.7. The van der Waals surface area contributed by atoms with Gasteiger partial charge in [-0.05, 0) is 138 Å². The molecule has 2 aromatic heterocycles. The Bertz CT molecular complexity index is 2800. The van der Waals surface area contributed by atoms with E-state index in [9.17, 15) is 29.4 Å². The van der Waals surface area contributed by atoms with E-state index in [4.69, 9.17) is 43.4 Å². The molecule has 0 aliphatic rings. The predicted molar refractivity (Wildman–Crippen MR) is 299 cm³/mol. The second kappa shape index (κ2) is 30.0. The van der Waals surface area contributed by atoms with Crippen LogP contribution in [0.3, 0.4) is 0 Å². The molecule has 404 valence electrons. The second-order valence-corrected chi connectivity index (χ2v) is 20.7. The summed E-state index contributed by atoms with van der Waals surface area (Å²) >= 11 is 17.3. The minimum absolute atomic E-state index is 0.00307. The molecule has 2 heterocycles. The lowest BCUT2D eigenvalue weighted by Gasteiger charge is -2.16. The maximum Gasteiger partial charge on any atom is 0.218 e. The number of aryl methyl sites for hydroxylation is 2. The Kier molecular flexibility index (Phi) is 24.7. The first-order valence-corrected chi connectivity index (χ1v) is 26.3. The summed E-state index contributed by atoms with van der Waals surface area (Å²) in [6, 6.07) is 26.2. The highest BCUT2D eigenvalue weighted by Gasteiger charge is 2.21. The highest BCUT2D eigenvalue weighted by molar-refractivity contribution is 6.62. The van der Waals surface area contributed by atoms with Crippen LogP contribution >= 0.6 is 34.8 Å². The number of hydrogen-bond donors (Lipinski definition) is 4. The van der Waals surface area contributed by atoms with Gasteiger partial charge in [-0.1, -0.05) is 71.7 Å². The first kappa shape index (κ1) is 61.7. The zero-order chi connectivity index (χ0) is 55.5. The van der Waals surface area contributed by atoms with Crippen molar-refractivity contribution in [2.75, 3.05) is 13.2 Å². The fourth-order valence-corrected chi connectivity index (χ4v) is 8.90. The van der Waals surface area contributed by atoms with E-state index in [0.717, 1.165) is 45.3 Å². The second-order valence-electron chi connectivity index (χ2n) is 19.3. The van der Waals surface area contributed by atoms with Crippen LogP contribution in [-0.4, -0.2) is 77.5 Å². The fourth-order valence-electron chi connectivity index (χ4n) is 8.45. The number of amides is 1. The van der Waals surface area contributed by atoms with Gasteiger partial charge >= 0.3 is 0 Å². The summed E-state index contributed by atoms with van der Waals surface area (Å²) in [5.74, 6) is 2.65. The third-order valence-corrected chi connectivity index (χ3v) is 12.4. The number of carbonyl (C=O) groups is 4. The average Bonchev–Trinajstić information content (AvgIpc) is 3.93. The molecule has 1 amide bonds. The number of benzene rings is 4. The van der Waals surface area contributed by atoms with E-state index in [2.05, 4.69) is 34.0 Å². The number of hydrogen-bond acceptors (Lipinski definition) is 11. The van der Waals surface area contributed by atoms with Gasteiger partial charge in [-0.25, -0.2) is 9.97 Å². The van der Waals surface area contributed by atoms with E-state index in [1.54, 1.807) is 36.4 Å². The first-order chi connectivity index (χ1) is 35.5. The number of ketones is 2. The number of imidazole rings is 2. The molecule has 4 atom stereocenters. The zero-order valence-corrected chi connectivity index (χ0v) is 47.0. The molecule has 5 N–H and O–H groups in total. The number of aliphatic hydroxyl groups is 2.